The van der Waals surface area contributed by atoms with Crippen LogP contribution in [-0.4, -0.2) is 31.0 Å². The lowest BCUT2D eigenvalue weighted by Crippen LogP contribution is -2.37. The van der Waals surface area contributed by atoms with E-state index in [-0.39, 0.29) is 12.7 Å². The van der Waals surface area contributed by atoms with Gasteiger partial charge in [0, 0.05) is 5.69 Å². The van der Waals surface area contributed by atoms with Gasteiger partial charge in [-0.1, -0.05) is 12.1 Å². The predicted octanol–water partition coefficient (Wildman–Crippen LogP) is 0.718. The third-order valence-electron chi connectivity index (χ3n) is 2.39. The molecule has 0 bridgehead atoms. The zero-order chi connectivity index (χ0) is 10.7. The van der Waals surface area contributed by atoms with Crippen LogP contribution in [0.2, 0.25) is 0 Å². The number of nitrogens with two attached hydrogens (primary N) is 1. The van der Waals surface area contributed by atoms with E-state index in [9.17, 15) is 5.11 Å². The summed E-state index contributed by atoms with van der Waals surface area (Å²) < 4.78 is 10.4. The molecule has 1 atom stereocenters. The van der Waals surface area contributed by atoms with E-state index in [0.717, 1.165) is 5.56 Å². The molecule has 1 fully saturated rings. The van der Waals surface area contributed by atoms with Crippen LogP contribution in [0, 0.1) is 0 Å². The van der Waals surface area contributed by atoms with Crippen LogP contribution in [0.3, 0.4) is 0 Å². The van der Waals surface area contributed by atoms with Crippen molar-refractivity contribution in [2.45, 2.75) is 12.2 Å². The molecule has 1 aliphatic heterocycles. The standard InChI is InChI=1S/C11H15NO3/c12-9-3-1-2-8(4-9)11(13)7-15-10-5-14-6-10/h1-4,10-11,13H,5-7,12H2. The Hall–Kier alpha value is -1.10. The average molecular weight is 209 g/mol. The van der Waals surface area contributed by atoms with Gasteiger partial charge in [0.05, 0.1) is 19.8 Å². The van der Waals surface area contributed by atoms with Crippen LogP contribution in [0.25, 0.3) is 0 Å². The van der Waals surface area contributed by atoms with Crippen molar-refractivity contribution in [1.29, 1.82) is 0 Å². The van der Waals surface area contributed by atoms with E-state index in [0.29, 0.717) is 18.9 Å². The third-order valence-corrected chi connectivity index (χ3v) is 2.39. The van der Waals surface area contributed by atoms with Gasteiger partial charge in [0.1, 0.15) is 12.2 Å². The minimum absolute atomic E-state index is 0.140. The maximum atomic E-state index is 9.79. The van der Waals surface area contributed by atoms with Gasteiger partial charge in [0.25, 0.3) is 0 Å². The highest BCUT2D eigenvalue weighted by molar-refractivity contribution is 5.41. The van der Waals surface area contributed by atoms with E-state index in [1.54, 1.807) is 12.1 Å². The quantitative estimate of drug-likeness (QED) is 0.717. The molecule has 15 heavy (non-hydrogen) atoms. The van der Waals surface area contributed by atoms with Crippen molar-refractivity contribution in [3.63, 3.8) is 0 Å². The van der Waals surface area contributed by atoms with Crippen LogP contribution in [0.5, 0.6) is 0 Å². The van der Waals surface area contributed by atoms with Gasteiger partial charge in [0.2, 0.25) is 0 Å². The Morgan fingerprint density at radius 3 is 2.93 bits per heavy atom. The monoisotopic (exact) mass is 209 g/mol. The topological polar surface area (TPSA) is 64.7 Å². The first-order chi connectivity index (χ1) is 7.25. The second-order valence-electron chi connectivity index (χ2n) is 3.68. The summed E-state index contributed by atoms with van der Waals surface area (Å²) >= 11 is 0. The molecule has 0 aliphatic carbocycles. The van der Waals surface area contributed by atoms with E-state index in [2.05, 4.69) is 0 Å². The summed E-state index contributed by atoms with van der Waals surface area (Å²) in [6, 6.07) is 7.20. The summed E-state index contributed by atoms with van der Waals surface area (Å²) in [5.41, 5.74) is 7.06. The highest BCUT2D eigenvalue weighted by Crippen LogP contribution is 2.17. The zero-order valence-electron chi connectivity index (χ0n) is 8.43. The van der Waals surface area contributed by atoms with E-state index in [4.69, 9.17) is 15.2 Å². The van der Waals surface area contributed by atoms with Gasteiger partial charge in [-0.2, -0.15) is 0 Å². The number of aliphatic hydroxyl groups is 1. The second kappa shape index (κ2) is 4.61. The van der Waals surface area contributed by atoms with Crippen molar-refractivity contribution < 1.29 is 14.6 Å². The number of aliphatic hydroxyl groups excluding tert-OH is 1. The van der Waals surface area contributed by atoms with Gasteiger partial charge in [-0.25, -0.2) is 0 Å². The lowest BCUT2D eigenvalue weighted by molar-refractivity contribution is -0.143. The minimum atomic E-state index is -0.617. The zero-order valence-corrected chi connectivity index (χ0v) is 8.43. The van der Waals surface area contributed by atoms with Gasteiger partial charge in [0.15, 0.2) is 0 Å². The number of rotatable bonds is 4. The molecule has 0 radical (unpaired) electrons. The highest BCUT2D eigenvalue weighted by atomic mass is 16.6. The van der Waals surface area contributed by atoms with Gasteiger partial charge in [-0.15, -0.1) is 0 Å². The molecule has 0 amide bonds. The van der Waals surface area contributed by atoms with E-state index < -0.39 is 6.10 Å². The molecular formula is C11H15NO3. The van der Waals surface area contributed by atoms with Crippen LogP contribution in [0.1, 0.15) is 11.7 Å². The Labute approximate surface area is 88.6 Å². The number of nitrogen functional groups attached to an aromatic ring is 1. The summed E-state index contributed by atoms with van der Waals surface area (Å²) in [6.07, 6.45) is -0.477. The van der Waals surface area contributed by atoms with Gasteiger partial charge in [-0.3, -0.25) is 0 Å². The van der Waals surface area contributed by atoms with Crippen molar-refractivity contribution in [2.75, 3.05) is 25.6 Å². The van der Waals surface area contributed by atoms with Crippen molar-refractivity contribution >= 4 is 5.69 Å². The smallest absolute Gasteiger partial charge is 0.104 e. The molecule has 0 aromatic heterocycles. The van der Waals surface area contributed by atoms with Gasteiger partial charge in [-0.05, 0) is 17.7 Å². The Balaban J connectivity index is 1.86. The van der Waals surface area contributed by atoms with Crippen molar-refractivity contribution in [2.24, 2.45) is 0 Å². The first-order valence-electron chi connectivity index (χ1n) is 4.98. The number of ether oxygens (including phenoxy) is 2. The van der Waals surface area contributed by atoms with Crippen molar-refractivity contribution in [3.8, 4) is 0 Å². The third kappa shape index (κ3) is 2.68. The Bertz CT molecular complexity index is 325. The fourth-order valence-corrected chi connectivity index (χ4v) is 1.40. The number of hydrogen-bond acceptors (Lipinski definition) is 4. The minimum Gasteiger partial charge on any atom is -0.399 e. The number of hydrogen-bond donors (Lipinski definition) is 2. The van der Waals surface area contributed by atoms with Crippen LogP contribution in [0.4, 0.5) is 5.69 Å². The lowest BCUT2D eigenvalue weighted by Gasteiger charge is -2.27. The molecule has 0 saturated carbocycles. The summed E-state index contributed by atoms with van der Waals surface area (Å²) in [6.45, 7) is 1.55. The molecule has 2 rings (SSSR count). The van der Waals surface area contributed by atoms with Crippen molar-refractivity contribution in [3.05, 3.63) is 29.8 Å². The normalized spacial score (nSPS) is 18.5. The molecular weight excluding hydrogens is 194 g/mol. The first-order valence-corrected chi connectivity index (χ1v) is 4.98. The van der Waals surface area contributed by atoms with Gasteiger partial charge >= 0.3 is 0 Å². The fourth-order valence-electron chi connectivity index (χ4n) is 1.40. The SMILES string of the molecule is Nc1cccc(C(O)COC2COC2)c1. The Morgan fingerprint density at radius 1 is 1.53 bits per heavy atom. The van der Waals surface area contributed by atoms with Crippen LogP contribution < -0.4 is 5.73 Å². The molecule has 1 aromatic rings. The summed E-state index contributed by atoms with van der Waals surface area (Å²) in [5, 5.41) is 9.79. The second-order valence-corrected chi connectivity index (χ2v) is 3.68. The fraction of sp³-hybridized carbons (Fsp3) is 0.455. The molecule has 1 unspecified atom stereocenters. The molecule has 0 spiro atoms. The lowest BCUT2D eigenvalue weighted by atomic mass is 10.1. The molecule has 3 N–H and O–H groups in total. The largest absolute Gasteiger partial charge is 0.399 e. The van der Waals surface area contributed by atoms with Crippen LogP contribution in [0.15, 0.2) is 24.3 Å². The molecule has 4 heteroatoms. The highest BCUT2D eigenvalue weighted by Gasteiger charge is 2.20. The summed E-state index contributed by atoms with van der Waals surface area (Å²) in [4.78, 5) is 0. The number of anilines is 1. The maximum absolute atomic E-state index is 9.79. The molecule has 1 aliphatic rings. The van der Waals surface area contributed by atoms with E-state index in [1.165, 1.54) is 0 Å². The summed E-state index contributed by atoms with van der Waals surface area (Å²) in [5.74, 6) is 0. The molecule has 4 nitrogen and oxygen atoms in total. The summed E-state index contributed by atoms with van der Waals surface area (Å²) in [7, 11) is 0. The van der Waals surface area contributed by atoms with Crippen LogP contribution in [-0.2, 0) is 9.47 Å². The Kier molecular flexibility index (Phi) is 3.20. The molecule has 1 saturated heterocycles. The van der Waals surface area contributed by atoms with Gasteiger partial charge < -0.3 is 20.3 Å². The van der Waals surface area contributed by atoms with E-state index in [1.807, 2.05) is 12.1 Å². The maximum Gasteiger partial charge on any atom is 0.104 e. The molecule has 82 valence electrons. The predicted molar refractivity (Wildman–Crippen MR) is 56.4 cm³/mol. The first kappa shape index (κ1) is 10.4. The average Bonchev–Trinajstić information content (AvgIpc) is 2.15. The van der Waals surface area contributed by atoms with Crippen LogP contribution >= 0.6 is 0 Å². The Morgan fingerprint density at radius 2 is 2.33 bits per heavy atom. The molecule has 1 aromatic carbocycles. The number of benzene rings is 1. The van der Waals surface area contributed by atoms with E-state index >= 15 is 0 Å². The molecule has 1 heterocycles. The van der Waals surface area contributed by atoms with Crippen molar-refractivity contribution in [1.82, 2.24) is 0 Å².